The Kier molecular flexibility index (Phi) is 6.19. The molecule has 1 N–H and O–H groups in total. The van der Waals surface area contributed by atoms with Crippen molar-refractivity contribution in [3.8, 4) is 5.69 Å². The maximum Gasteiger partial charge on any atom is 0.416 e. The van der Waals surface area contributed by atoms with Crippen molar-refractivity contribution in [3.63, 3.8) is 0 Å². The number of carbonyl (C=O) groups excluding carboxylic acids is 1. The lowest BCUT2D eigenvalue weighted by atomic mass is 10.1. The number of halogens is 3. The van der Waals surface area contributed by atoms with Crippen molar-refractivity contribution < 1.29 is 18.0 Å². The lowest BCUT2D eigenvalue weighted by molar-refractivity contribution is -0.137. The fourth-order valence-electron chi connectivity index (χ4n) is 3.09. The van der Waals surface area contributed by atoms with E-state index in [1.807, 2.05) is 43.3 Å². The molecule has 0 aliphatic rings. The standard InChI is InChI=1S/C23H22F3N3O2/c1-15-6-9-17(23(24,25)26)13-20(15)29-12-4-5-19(22(29)31)21(30)27-14-16-7-10-18(11-8-16)28(2)3/h4-13H,14H2,1-3H3,(H,27,30). The van der Waals surface area contributed by atoms with Gasteiger partial charge in [0, 0.05) is 32.5 Å². The highest BCUT2D eigenvalue weighted by Gasteiger charge is 2.31. The van der Waals surface area contributed by atoms with Gasteiger partial charge >= 0.3 is 6.18 Å². The van der Waals surface area contributed by atoms with Gasteiger partial charge in [-0.1, -0.05) is 18.2 Å². The molecule has 0 saturated carbocycles. The summed E-state index contributed by atoms with van der Waals surface area (Å²) >= 11 is 0. The smallest absolute Gasteiger partial charge is 0.378 e. The molecule has 1 aromatic heterocycles. The highest BCUT2D eigenvalue weighted by Crippen LogP contribution is 2.31. The summed E-state index contributed by atoms with van der Waals surface area (Å²) in [6, 6.07) is 13.5. The summed E-state index contributed by atoms with van der Waals surface area (Å²) in [4.78, 5) is 27.4. The maximum atomic E-state index is 13.1. The average molecular weight is 429 g/mol. The van der Waals surface area contributed by atoms with Crippen LogP contribution in [0.15, 0.2) is 65.6 Å². The van der Waals surface area contributed by atoms with E-state index in [1.54, 1.807) is 6.92 Å². The van der Waals surface area contributed by atoms with Gasteiger partial charge in [-0.05, 0) is 54.4 Å². The Morgan fingerprint density at radius 2 is 1.74 bits per heavy atom. The van der Waals surface area contributed by atoms with Crippen molar-refractivity contribution in [3.05, 3.63) is 93.4 Å². The Hall–Kier alpha value is -3.55. The molecule has 0 aliphatic carbocycles. The van der Waals surface area contributed by atoms with Crippen LogP contribution in [0.2, 0.25) is 0 Å². The third-order valence-electron chi connectivity index (χ3n) is 4.89. The second kappa shape index (κ2) is 8.67. The van der Waals surface area contributed by atoms with Crippen LogP contribution in [0.4, 0.5) is 18.9 Å². The second-order valence-electron chi connectivity index (χ2n) is 7.34. The largest absolute Gasteiger partial charge is 0.416 e. The summed E-state index contributed by atoms with van der Waals surface area (Å²) in [5.74, 6) is -0.597. The molecule has 0 atom stereocenters. The first kappa shape index (κ1) is 22.1. The number of pyridine rings is 1. The number of aryl methyl sites for hydroxylation is 1. The molecule has 162 valence electrons. The predicted octanol–water partition coefficient (Wildman–Crippen LogP) is 4.16. The Morgan fingerprint density at radius 3 is 2.35 bits per heavy atom. The van der Waals surface area contributed by atoms with E-state index in [0.29, 0.717) is 5.56 Å². The van der Waals surface area contributed by atoms with Crippen LogP contribution in [0.5, 0.6) is 0 Å². The van der Waals surface area contributed by atoms with Gasteiger partial charge in [-0.2, -0.15) is 13.2 Å². The van der Waals surface area contributed by atoms with Gasteiger partial charge in [-0.3, -0.25) is 14.2 Å². The number of aromatic nitrogens is 1. The molecule has 0 unspecified atom stereocenters. The molecule has 8 heteroatoms. The van der Waals surface area contributed by atoms with Crippen LogP contribution < -0.4 is 15.8 Å². The van der Waals surface area contributed by atoms with E-state index in [2.05, 4.69) is 5.32 Å². The fourth-order valence-corrected chi connectivity index (χ4v) is 3.09. The van der Waals surface area contributed by atoms with Gasteiger partial charge in [-0.25, -0.2) is 0 Å². The minimum Gasteiger partial charge on any atom is -0.378 e. The average Bonchev–Trinajstić information content (AvgIpc) is 2.72. The molecule has 0 bridgehead atoms. The number of alkyl halides is 3. The number of rotatable bonds is 5. The number of benzene rings is 2. The molecule has 3 aromatic rings. The summed E-state index contributed by atoms with van der Waals surface area (Å²) in [6.45, 7) is 1.82. The van der Waals surface area contributed by atoms with Gasteiger partial charge in [0.2, 0.25) is 0 Å². The molecule has 31 heavy (non-hydrogen) atoms. The number of nitrogens with zero attached hydrogens (tertiary/aromatic N) is 2. The Labute approximate surface area is 177 Å². The molecule has 0 aliphatic heterocycles. The maximum absolute atomic E-state index is 13.1. The van der Waals surface area contributed by atoms with Gasteiger partial charge in [-0.15, -0.1) is 0 Å². The van der Waals surface area contributed by atoms with Crippen molar-refractivity contribution in [1.82, 2.24) is 9.88 Å². The van der Waals surface area contributed by atoms with Crippen LogP contribution in [0.3, 0.4) is 0 Å². The van der Waals surface area contributed by atoms with Crippen molar-refractivity contribution in [2.75, 3.05) is 19.0 Å². The molecule has 2 aromatic carbocycles. The number of nitrogens with one attached hydrogen (secondary N) is 1. The molecule has 0 radical (unpaired) electrons. The van der Waals surface area contributed by atoms with Crippen LogP contribution in [-0.2, 0) is 12.7 Å². The zero-order valence-electron chi connectivity index (χ0n) is 17.3. The molecule has 3 rings (SSSR count). The Bertz CT molecular complexity index is 1150. The fraction of sp³-hybridized carbons (Fsp3) is 0.217. The molecule has 5 nitrogen and oxygen atoms in total. The highest BCUT2D eigenvalue weighted by atomic mass is 19.4. The van der Waals surface area contributed by atoms with E-state index in [0.717, 1.165) is 28.0 Å². The van der Waals surface area contributed by atoms with Crippen molar-refractivity contribution >= 4 is 11.6 Å². The van der Waals surface area contributed by atoms with Gasteiger partial charge in [0.1, 0.15) is 5.56 Å². The number of anilines is 1. The van der Waals surface area contributed by atoms with Crippen LogP contribution in [0.1, 0.15) is 27.0 Å². The first-order chi connectivity index (χ1) is 14.6. The topological polar surface area (TPSA) is 54.3 Å². The first-order valence-electron chi connectivity index (χ1n) is 9.52. The lowest BCUT2D eigenvalue weighted by Crippen LogP contribution is -2.32. The molecule has 0 saturated heterocycles. The van der Waals surface area contributed by atoms with Crippen molar-refractivity contribution in [2.24, 2.45) is 0 Å². The molecule has 1 amide bonds. The second-order valence-corrected chi connectivity index (χ2v) is 7.34. The Balaban J connectivity index is 1.85. The molecular weight excluding hydrogens is 407 g/mol. The third-order valence-corrected chi connectivity index (χ3v) is 4.89. The van der Waals surface area contributed by atoms with Gasteiger partial charge < -0.3 is 10.2 Å². The van der Waals surface area contributed by atoms with Crippen LogP contribution in [0, 0.1) is 6.92 Å². The highest BCUT2D eigenvalue weighted by molar-refractivity contribution is 5.93. The Morgan fingerprint density at radius 1 is 1.06 bits per heavy atom. The zero-order valence-corrected chi connectivity index (χ0v) is 17.3. The number of carbonyl (C=O) groups is 1. The SMILES string of the molecule is Cc1ccc(C(F)(F)F)cc1-n1cccc(C(=O)NCc2ccc(N(C)C)cc2)c1=O. The first-order valence-corrected chi connectivity index (χ1v) is 9.52. The normalized spacial score (nSPS) is 11.3. The van der Waals surface area contributed by atoms with E-state index in [4.69, 9.17) is 0 Å². The minimum atomic E-state index is -4.54. The van der Waals surface area contributed by atoms with Crippen molar-refractivity contribution in [2.45, 2.75) is 19.6 Å². The predicted molar refractivity (Wildman–Crippen MR) is 114 cm³/mol. The number of amides is 1. The summed E-state index contributed by atoms with van der Waals surface area (Å²) < 4.78 is 40.4. The summed E-state index contributed by atoms with van der Waals surface area (Å²) in [6.07, 6.45) is -3.19. The van der Waals surface area contributed by atoms with E-state index in [-0.39, 0.29) is 17.8 Å². The lowest BCUT2D eigenvalue weighted by Gasteiger charge is -2.14. The number of hydrogen-bond donors (Lipinski definition) is 1. The van der Waals surface area contributed by atoms with Gasteiger partial charge in [0.25, 0.3) is 11.5 Å². The summed E-state index contributed by atoms with van der Waals surface area (Å²) in [5.41, 5.74) is 0.717. The molecule has 0 spiro atoms. The minimum absolute atomic E-state index is 0.0775. The van der Waals surface area contributed by atoms with Crippen LogP contribution in [0.25, 0.3) is 5.69 Å². The van der Waals surface area contributed by atoms with Crippen LogP contribution in [-0.4, -0.2) is 24.6 Å². The molecule has 0 fully saturated rings. The van der Waals surface area contributed by atoms with Gasteiger partial charge in [0.15, 0.2) is 0 Å². The van der Waals surface area contributed by atoms with E-state index in [1.165, 1.54) is 24.4 Å². The number of hydrogen-bond acceptors (Lipinski definition) is 3. The van der Waals surface area contributed by atoms with Crippen LogP contribution >= 0.6 is 0 Å². The van der Waals surface area contributed by atoms with E-state index < -0.39 is 23.2 Å². The zero-order chi connectivity index (χ0) is 22.8. The monoisotopic (exact) mass is 429 g/mol. The van der Waals surface area contributed by atoms with Gasteiger partial charge in [0.05, 0.1) is 11.3 Å². The van der Waals surface area contributed by atoms with E-state index >= 15 is 0 Å². The molecule has 1 heterocycles. The van der Waals surface area contributed by atoms with Crippen molar-refractivity contribution in [1.29, 1.82) is 0 Å². The summed E-state index contributed by atoms with van der Waals surface area (Å²) in [7, 11) is 3.84. The third kappa shape index (κ3) is 4.96. The quantitative estimate of drug-likeness (QED) is 0.663. The van der Waals surface area contributed by atoms with E-state index in [9.17, 15) is 22.8 Å². The summed E-state index contributed by atoms with van der Waals surface area (Å²) in [5, 5.41) is 2.69. The molecular formula is C23H22F3N3O2.